The average molecular weight is 306 g/mol. The van der Waals surface area contributed by atoms with Crippen LogP contribution in [-0.2, 0) is 0 Å². The third-order valence-electron chi connectivity index (χ3n) is 2.60. The van der Waals surface area contributed by atoms with Crippen LogP contribution in [0.25, 0.3) is 0 Å². The molecule has 1 aromatic heterocycles. The van der Waals surface area contributed by atoms with Gasteiger partial charge in [-0.2, -0.15) is 0 Å². The van der Waals surface area contributed by atoms with Crippen LogP contribution in [0, 0.1) is 0 Å². The van der Waals surface area contributed by atoms with Crippen molar-refractivity contribution in [3.8, 4) is 0 Å². The lowest BCUT2D eigenvalue weighted by Gasteiger charge is -2.17. The van der Waals surface area contributed by atoms with Gasteiger partial charge in [0.2, 0.25) is 0 Å². The highest BCUT2D eigenvalue weighted by Gasteiger charge is 2.10. The number of hydrogen-bond acceptors (Lipinski definition) is 3. The Kier molecular flexibility index (Phi) is 6.58. The van der Waals surface area contributed by atoms with Gasteiger partial charge in [0.1, 0.15) is 0 Å². The molecule has 1 rings (SSSR count). The first-order valence-electron chi connectivity index (χ1n) is 5.75. The predicted molar refractivity (Wildman–Crippen MR) is 74.0 cm³/mol. The molecule has 0 radical (unpaired) electrons. The molecular weight excluding hydrogens is 286 g/mol. The van der Waals surface area contributed by atoms with Crippen LogP contribution in [0.2, 0.25) is 0 Å². The summed E-state index contributed by atoms with van der Waals surface area (Å²) in [5.41, 5.74) is 0. The summed E-state index contributed by atoms with van der Waals surface area (Å²) < 4.78 is 1.08. The zero-order valence-corrected chi connectivity index (χ0v) is 12.4. The number of aliphatic hydroxyl groups is 1. The smallest absolute Gasteiger partial charge is 0.0894 e. The molecule has 0 saturated heterocycles. The number of nitrogens with zero attached hydrogens (tertiary/aromatic N) is 1. The maximum atomic E-state index is 9.97. The van der Waals surface area contributed by atoms with E-state index in [9.17, 15) is 5.11 Å². The predicted octanol–water partition coefficient (Wildman–Crippen LogP) is 3.67. The highest BCUT2D eigenvalue weighted by molar-refractivity contribution is 9.11. The minimum atomic E-state index is -0.319. The normalized spacial score (nSPS) is 13.3. The third-order valence-corrected chi connectivity index (χ3v) is 4.32. The lowest BCUT2D eigenvalue weighted by atomic mass is 10.2. The largest absolute Gasteiger partial charge is 0.388 e. The molecule has 4 heteroatoms. The second-order valence-electron chi connectivity index (χ2n) is 4.10. The maximum Gasteiger partial charge on any atom is 0.0894 e. The summed E-state index contributed by atoms with van der Waals surface area (Å²) in [5.74, 6) is 0. The van der Waals surface area contributed by atoms with Crippen LogP contribution in [0.15, 0.2) is 15.9 Å². The second-order valence-corrected chi connectivity index (χ2v) is 6.60. The monoisotopic (exact) mass is 305 g/mol. The summed E-state index contributed by atoms with van der Waals surface area (Å²) in [6.07, 6.45) is 2.95. The zero-order chi connectivity index (χ0) is 12.0. The quantitative estimate of drug-likeness (QED) is 0.831. The first kappa shape index (κ1) is 14.2. The van der Waals surface area contributed by atoms with Crippen molar-refractivity contribution in [1.29, 1.82) is 0 Å². The van der Waals surface area contributed by atoms with Gasteiger partial charge in [-0.15, -0.1) is 11.3 Å². The Balaban J connectivity index is 2.27. The Labute approximate surface area is 110 Å². The van der Waals surface area contributed by atoms with E-state index in [-0.39, 0.29) is 6.10 Å². The van der Waals surface area contributed by atoms with E-state index in [1.165, 1.54) is 12.8 Å². The van der Waals surface area contributed by atoms with Crippen molar-refractivity contribution in [3.05, 3.63) is 20.8 Å². The zero-order valence-electron chi connectivity index (χ0n) is 9.95. The topological polar surface area (TPSA) is 23.5 Å². The molecule has 92 valence electrons. The van der Waals surface area contributed by atoms with Crippen LogP contribution >= 0.6 is 27.3 Å². The van der Waals surface area contributed by atoms with Crippen LogP contribution < -0.4 is 0 Å². The van der Waals surface area contributed by atoms with Gasteiger partial charge in [0, 0.05) is 11.4 Å². The van der Waals surface area contributed by atoms with E-state index >= 15 is 0 Å². The van der Waals surface area contributed by atoms with Crippen molar-refractivity contribution in [2.75, 3.05) is 20.1 Å². The molecule has 0 spiro atoms. The van der Waals surface area contributed by atoms with Crippen molar-refractivity contribution in [2.45, 2.75) is 32.3 Å². The van der Waals surface area contributed by atoms with Crippen LogP contribution in [0.1, 0.15) is 37.2 Å². The van der Waals surface area contributed by atoms with E-state index in [4.69, 9.17) is 0 Å². The lowest BCUT2D eigenvalue weighted by molar-refractivity contribution is 0.152. The molecular formula is C12H20BrNOS. The Bertz CT molecular complexity index is 303. The number of rotatable bonds is 7. The molecule has 0 bridgehead atoms. The molecule has 1 unspecified atom stereocenters. The highest BCUT2D eigenvalue weighted by atomic mass is 79.9. The molecule has 2 nitrogen and oxygen atoms in total. The molecule has 0 aliphatic carbocycles. The van der Waals surface area contributed by atoms with E-state index in [1.807, 2.05) is 12.1 Å². The number of halogens is 1. The molecule has 0 aliphatic heterocycles. The first-order chi connectivity index (χ1) is 7.63. The average Bonchev–Trinajstić information content (AvgIpc) is 2.69. The van der Waals surface area contributed by atoms with Gasteiger partial charge in [-0.25, -0.2) is 0 Å². The van der Waals surface area contributed by atoms with E-state index in [0.29, 0.717) is 0 Å². The van der Waals surface area contributed by atoms with E-state index in [1.54, 1.807) is 11.3 Å². The summed E-state index contributed by atoms with van der Waals surface area (Å²) in [4.78, 5) is 3.34. The SMILES string of the molecule is CCCCN(C)CCC(O)c1ccc(Br)s1. The van der Waals surface area contributed by atoms with Crippen molar-refractivity contribution in [2.24, 2.45) is 0 Å². The molecule has 1 heterocycles. The molecule has 16 heavy (non-hydrogen) atoms. The van der Waals surface area contributed by atoms with Gasteiger partial charge in [0.05, 0.1) is 9.89 Å². The molecule has 0 saturated carbocycles. The van der Waals surface area contributed by atoms with Gasteiger partial charge >= 0.3 is 0 Å². The Morgan fingerprint density at radius 2 is 2.19 bits per heavy atom. The van der Waals surface area contributed by atoms with Gasteiger partial charge in [0.15, 0.2) is 0 Å². The minimum absolute atomic E-state index is 0.319. The van der Waals surface area contributed by atoms with E-state index in [0.717, 1.165) is 28.2 Å². The Morgan fingerprint density at radius 1 is 1.44 bits per heavy atom. The van der Waals surface area contributed by atoms with Gasteiger partial charge in [-0.3, -0.25) is 0 Å². The summed E-state index contributed by atoms with van der Waals surface area (Å²) in [5, 5.41) is 9.97. The highest BCUT2D eigenvalue weighted by Crippen LogP contribution is 2.28. The van der Waals surface area contributed by atoms with Gasteiger partial charge in [0.25, 0.3) is 0 Å². The third kappa shape index (κ3) is 4.95. The van der Waals surface area contributed by atoms with E-state index < -0.39 is 0 Å². The Morgan fingerprint density at radius 3 is 2.75 bits per heavy atom. The van der Waals surface area contributed by atoms with Gasteiger partial charge < -0.3 is 10.0 Å². The molecule has 1 atom stereocenters. The van der Waals surface area contributed by atoms with Crippen LogP contribution in [0.5, 0.6) is 0 Å². The van der Waals surface area contributed by atoms with Gasteiger partial charge in [-0.1, -0.05) is 13.3 Å². The Hall–Kier alpha value is 0.1000. The minimum Gasteiger partial charge on any atom is -0.388 e. The number of aliphatic hydroxyl groups excluding tert-OH is 1. The van der Waals surface area contributed by atoms with Crippen molar-refractivity contribution < 1.29 is 5.11 Å². The van der Waals surface area contributed by atoms with Crippen molar-refractivity contribution in [3.63, 3.8) is 0 Å². The molecule has 1 N–H and O–H groups in total. The number of unbranched alkanes of at least 4 members (excludes halogenated alkanes) is 1. The molecule has 0 aliphatic rings. The summed E-state index contributed by atoms with van der Waals surface area (Å²) >= 11 is 5.03. The fourth-order valence-electron chi connectivity index (χ4n) is 1.53. The second kappa shape index (κ2) is 7.43. The standard InChI is InChI=1S/C12H20BrNOS/c1-3-4-8-14(2)9-7-10(15)11-5-6-12(13)16-11/h5-6,10,15H,3-4,7-9H2,1-2H3. The summed E-state index contributed by atoms with van der Waals surface area (Å²) in [6, 6.07) is 3.98. The van der Waals surface area contributed by atoms with Crippen LogP contribution in [0.4, 0.5) is 0 Å². The first-order valence-corrected chi connectivity index (χ1v) is 7.36. The molecule has 0 amide bonds. The van der Waals surface area contributed by atoms with Crippen molar-refractivity contribution >= 4 is 27.3 Å². The lowest BCUT2D eigenvalue weighted by Crippen LogP contribution is -2.22. The van der Waals surface area contributed by atoms with Crippen LogP contribution in [-0.4, -0.2) is 30.1 Å². The summed E-state index contributed by atoms with van der Waals surface area (Å²) in [6.45, 7) is 4.28. The fraction of sp³-hybridized carbons (Fsp3) is 0.667. The van der Waals surface area contributed by atoms with E-state index in [2.05, 4.69) is 34.8 Å². The maximum absolute atomic E-state index is 9.97. The molecule has 0 aromatic carbocycles. The molecule has 1 aromatic rings. The summed E-state index contributed by atoms with van der Waals surface area (Å²) in [7, 11) is 2.12. The van der Waals surface area contributed by atoms with Gasteiger partial charge in [-0.05, 0) is 54.5 Å². The van der Waals surface area contributed by atoms with Crippen LogP contribution in [0.3, 0.4) is 0 Å². The number of thiophene rings is 1. The molecule has 0 fully saturated rings. The van der Waals surface area contributed by atoms with Crippen molar-refractivity contribution in [1.82, 2.24) is 4.90 Å². The number of hydrogen-bond donors (Lipinski definition) is 1. The fourth-order valence-corrected chi connectivity index (χ4v) is 2.98.